The van der Waals surface area contributed by atoms with Gasteiger partial charge in [0.2, 0.25) is 0 Å². The number of carbonyl (C=O) groups is 1. The van der Waals surface area contributed by atoms with E-state index in [1.165, 1.54) is 0 Å². The van der Waals surface area contributed by atoms with Crippen LogP contribution in [0.5, 0.6) is 0 Å². The number of carboxylic acids is 1. The molecule has 0 radical (unpaired) electrons. The topological polar surface area (TPSA) is 100 Å². The fourth-order valence-electron chi connectivity index (χ4n) is 0. The van der Waals surface area contributed by atoms with Crippen molar-refractivity contribution in [2.75, 3.05) is 0 Å². The maximum atomic E-state index is 9.70. The largest absolute Gasteiger partial charge is 2.00 e. The number of rotatable bonds is 1. The van der Waals surface area contributed by atoms with Gasteiger partial charge in [-0.2, -0.15) is 0 Å². The first-order valence-electron chi connectivity index (χ1n) is 2.48. The fraction of sp³-hybridized carbons (Fsp3) is 0.750. The summed E-state index contributed by atoms with van der Waals surface area (Å²) in [5, 5.41) is 7.99. The third-order valence-corrected chi connectivity index (χ3v) is 0.494. The van der Waals surface area contributed by atoms with Gasteiger partial charge in [-0.3, -0.25) is 4.79 Å². The van der Waals surface area contributed by atoms with Gasteiger partial charge in [-0.15, -0.1) is 0 Å². The summed E-state index contributed by atoms with van der Waals surface area (Å²) in [6.07, 6.45) is 0. The van der Waals surface area contributed by atoms with Crippen LogP contribution in [0.25, 0.3) is 0 Å². The summed E-state index contributed by atoms with van der Waals surface area (Å²) in [5.74, 6) is -0.972. The minimum absolute atomic E-state index is 0. The number of hydrogen-bond donors (Lipinski definition) is 1. The Morgan fingerprint density at radius 3 is 1.55 bits per heavy atom. The van der Waals surface area contributed by atoms with Crippen molar-refractivity contribution in [2.45, 2.75) is 13.8 Å². The quantitative estimate of drug-likeness (QED) is 0.454. The Hall–Kier alpha value is 0.243. The maximum absolute atomic E-state index is 9.70. The van der Waals surface area contributed by atoms with E-state index in [9.17, 15) is 4.79 Å². The predicted octanol–water partition coefficient (Wildman–Crippen LogP) is -1.18. The molecule has 0 aromatic rings. The number of aliphatic carboxylic acids is 1. The second kappa shape index (κ2) is 10.2. The van der Waals surface area contributed by atoms with Crippen LogP contribution in [-0.4, -0.2) is 11.1 Å². The van der Waals surface area contributed by atoms with Crippen LogP contribution in [0.4, 0.5) is 0 Å². The van der Waals surface area contributed by atoms with Crippen LogP contribution in [0.2, 0.25) is 0 Å². The molecule has 0 unspecified atom stereocenters. The van der Waals surface area contributed by atoms with E-state index in [1.807, 2.05) is 0 Å². The molecule has 0 rings (SSSR count). The zero-order valence-electron chi connectivity index (χ0n) is 6.36. The molecule has 0 bridgehead atoms. The Morgan fingerprint density at radius 1 is 1.45 bits per heavy atom. The van der Waals surface area contributed by atoms with Gasteiger partial charge in [0.05, 0.1) is 5.92 Å². The summed E-state index contributed by atoms with van der Waals surface area (Å²) in [5.41, 5.74) is 0. The molecule has 0 amide bonds. The van der Waals surface area contributed by atoms with Crippen molar-refractivity contribution >= 4 is 14.2 Å². The molecule has 0 saturated carbocycles. The molecule has 0 aliphatic heterocycles. The Balaban J connectivity index is -0.000000114. The van der Waals surface area contributed by atoms with Gasteiger partial charge in [-0.1, -0.05) is 22.1 Å². The van der Waals surface area contributed by atoms with Crippen LogP contribution in [0.1, 0.15) is 13.8 Å². The fourth-order valence-corrected chi connectivity index (χ4v) is 0. The van der Waals surface area contributed by atoms with Gasteiger partial charge in [0.1, 0.15) is 0 Å². The summed E-state index contributed by atoms with van der Waals surface area (Å²) in [6, 6.07) is 0. The maximum Gasteiger partial charge on any atom is 2.00 e. The molecular formula is C4H9O5PZn. The second-order valence-corrected chi connectivity index (χ2v) is 2.24. The first kappa shape index (κ1) is 17.4. The van der Waals surface area contributed by atoms with Crippen molar-refractivity contribution in [3.63, 3.8) is 0 Å². The minimum atomic E-state index is -3.63. The molecule has 5 nitrogen and oxygen atoms in total. The van der Waals surface area contributed by atoms with Gasteiger partial charge in [-0.25, -0.2) is 0 Å². The van der Waals surface area contributed by atoms with Crippen molar-refractivity contribution in [1.29, 1.82) is 0 Å². The molecule has 0 spiro atoms. The molecule has 1 N–H and O–H groups in total. The number of carboxylic acid groups (broad SMARTS) is 1. The summed E-state index contributed by atoms with van der Waals surface area (Å²) in [6.45, 7) is 3.28. The van der Waals surface area contributed by atoms with Crippen LogP contribution >= 0.6 is 8.25 Å². The van der Waals surface area contributed by atoms with Gasteiger partial charge in [0.15, 0.2) is 0 Å². The third kappa shape index (κ3) is 38.7. The molecule has 0 heterocycles. The van der Waals surface area contributed by atoms with E-state index in [1.54, 1.807) is 13.8 Å². The Bertz CT molecular complexity index is 122. The molecule has 0 atom stereocenters. The first-order chi connectivity index (χ1) is 4.37. The van der Waals surface area contributed by atoms with Gasteiger partial charge in [0, 0.05) is 0 Å². The molecule has 0 aromatic carbocycles. The van der Waals surface area contributed by atoms with Crippen LogP contribution in [0, 0.1) is 5.92 Å². The smallest absolute Gasteiger partial charge is 0.813 e. The van der Waals surface area contributed by atoms with Crippen molar-refractivity contribution in [1.82, 2.24) is 0 Å². The average Bonchev–Trinajstić information content (AvgIpc) is 1.63. The van der Waals surface area contributed by atoms with E-state index >= 15 is 0 Å². The van der Waals surface area contributed by atoms with Gasteiger partial charge in [0.25, 0.3) is 0 Å². The summed E-state index contributed by atoms with van der Waals surface area (Å²) < 4.78 is 8.52. The monoisotopic (exact) mass is 232 g/mol. The van der Waals surface area contributed by atoms with E-state index < -0.39 is 14.2 Å². The molecular weight excluding hydrogens is 224 g/mol. The van der Waals surface area contributed by atoms with Crippen LogP contribution in [0.3, 0.4) is 0 Å². The molecule has 11 heavy (non-hydrogen) atoms. The zero-order chi connectivity index (χ0) is 8.73. The van der Waals surface area contributed by atoms with Gasteiger partial charge in [-0.05, 0) is 0 Å². The molecule has 0 fully saturated rings. The van der Waals surface area contributed by atoms with Crippen molar-refractivity contribution in [2.24, 2.45) is 5.92 Å². The van der Waals surface area contributed by atoms with E-state index in [0.717, 1.165) is 0 Å². The van der Waals surface area contributed by atoms with Crippen LogP contribution in [0.15, 0.2) is 0 Å². The van der Waals surface area contributed by atoms with E-state index in [0.29, 0.717) is 0 Å². The molecule has 0 aliphatic carbocycles. The van der Waals surface area contributed by atoms with E-state index in [-0.39, 0.29) is 25.4 Å². The second-order valence-electron chi connectivity index (χ2n) is 1.74. The number of hydrogen-bond acceptors (Lipinski definition) is 4. The third-order valence-electron chi connectivity index (χ3n) is 0.494. The minimum Gasteiger partial charge on any atom is -0.813 e. The van der Waals surface area contributed by atoms with E-state index in [2.05, 4.69) is 0 Å². The molecule has 0 saturated heterocycles. The molecule has 0 aromatic heterocycles. The van der Waals surface area contributed by atoms with Gasteiger partial charge < -0.3 is 19.5 Å². The summed E-state index contributed by atoms with van der Waals surface area (Å²) in [4.78, 5) is 26.7. The van der Waals surface area contributed by atoms with Crippen LogP contribution in [-0.2, 0) is 28.8 Å². The molecule has 0 aliphatic rings. The van der Waals surface area contributed by atoms with Crippen molar-refractivity contribution in [3.05, 3.63) is 0 Å². The Morgan fingerprint density at radius 2 is 1.55 bits per heavy atom. The van der Waals surface area contributed by atoms with Crippen LogP contribution < -0.4 is 9.79 Å². The normalized spacial score (nSPS) is 8.18. The van der Waals surface area contributed by atoms with Gasteiger partial charge >= 0.3 is 25.4 Å². The average molecular weight is 233 g/mol. The van der Waals surface area contributed by atoms with Crippen molar-refractivity contribution in [3.8, 4) is 0 Å². The first-order valence-corrected chi connectivity index (χ1v) is 3.71. The predicted molar refractivity (Wildman–Crippen MR) is 31.5 cm³/mol. The van der Waals surface area contributed by atoms with E-state index in [4.69, 9.17) is 19.5 Å². The summed E-state index contributed by atoms with van der Waals surface area (Å²) >= 11 is 0. The molecule has 7 heteroatoms. The molecule has 62 valence electrons. The summed E-state index contributed by atoms with van der Waals surface area (Å²) in [7, 11) is -3.63. The Kier molecular flexibility index (Phi) is 16.2. The SMILES string of the molecule is CC(C)C(=O)O.O=[PH]([O-])[O-].[Zn+2]. The van der Waals surface area contributed by atoms with Crippen molar-refractivity contribution < 1.29 is 43.7 Å². The standard InChI is InChI=1S/C4H8O2.H3O3P.Zn/c1-3(2)4(5)6;1-4(2)3;/h3H,1-2H3,(H,5,6);4H,(H2,1,2,3);/q;;+2/p-2. The zero-order valence-corrected chi connectivity index (χ0v) is 10.3. The Labute approximate surface area is 78.1 Å².